The Morgan fingerprint density at radius 3 is 2.72 bits per heavy atom. The predicted molar refractivity (Wildman–Crippen MR) is 95.5 cm³/mol. The van der Waals surface area contributed by atoms with Crippen molar-refractivity contribution in [3.63, 3.8) is 0 Å². The second-order valence-electron chi connectivity index (χ2n) is 6.83. The Morgan fingerprint density at radius 2 is 2.08 bits per heavy atom. The van der Waals surface area contributed by atoms with E-state index < -0.39 is 6.04 Å². The van der Waals surface area contributed by atoms with Crippen molar-refractivity contribution in [2.24, 2.45) is 0 Å². The standard InChI is InChI=1S/C18H26N4O3/c1-21(2)13-8-9-16(19-12-13)20-17(23)14-6-3-4-10-22(14)18(24)15-7-5-11-25-15/h8-9,12,14-15H,3-7,10-11H2,1-2H3,(H,19,20,23). The van der Waals surface area contributed by atoms with Crippen LogP contribution in [0.2, 0.25) is 0 Å². The summed E-state index contributed by atoms with van der Waals surface area (Å²) >= 11 is 0. The summed E-state index contributed by atoms with van der Waals surface area (Å²) in [6.45, 7) is 1.24. The highest BCUT2D eigenvalue weighted by molar-refractivity contribution is 5.97. The van der Waals surface area contributed by atoms with E-state index in [-0.39, 0.29) is 17.9 Å². The summed E-state index contributed by atoms with van der Waals surface area (Å²) in [6, 6.07) is 3.24. The molecule has 2 fully saturated rings. The van der Waals surface area contributed by atoms with Gasteiger partial charge in [-0.1, -0.05) is 0 Å². The highest BCUT2D eigenvalue weighted by Crippen LogP contribution is 2.23. The molecule has 7 heteroatoms. The lowest BCUT2D eigenvalue weighted by atomic mass is 10.00. The van der Waals surface area contributed by atoms with Gasteiger partial charge in [-0.2, -0.15) is 0 Å². The molecule has 0 aliphatic carbocycles. The number of amides is 2. The molecular formula is C18H26N4O3. The average Bonchev–Trinajstić information content (AvgIpc) is 3.16. The molecule has 1 aromatic rings. The minimum atomic E-state index is -0.444. The number of pyridine rings is 1. The molecule has 3 rings (SSSR count). The molecule has 2 amide bonds. The summed E-state index contributed by atoms with van der Waals surface area (Å²) in [5.74, 6) is 0.287. The summed E-state index contributed by atoms with van der Waals surface area (Å²) in [4.78, 5) is 33.3. The summed E-state index contributed by atoms with van der Waals surface area (Å²) in [5, 5.41) is 2.85. The van der Waals surface area contributed by atoms with Gasteiger partial charge in [0.15, 0.2) is 0 Å². The third-order valence-corrected chi connectivity index (χ3v) is 4.81. The first-order valence-corrected chi connectivity index (χ1v) is 8.92. The first-order valence-electron chi connectivity index (χ1n) is 8.92. The fraction of sp³-hybridized carbons (Fsp3) is 0.611. The van der Waals surface area contributed by atoms with Gasteiger partial charge in [-0.25, -0.2) is 4.98 Å². The van der Waals surface area contributed by atoms with Gasteiger partial charge in [0.25, 0.3) is 5.91 Å². The van der Waals surface area contributed by atoms with E-state index in [9.17, 15) is 9.59 Å². The molecule has 2 atom stereocenters. The van der Waals surface area contributed by atoms with Crippen LogP contribution in [-0.2, 0) is 14.3 Å². The van der Waals surface area contributed by atoms with E-state index in [0.29, 0.717) is 25.4 Å². The summed E-state index contributed by atoms with van der Waals surface area (Å²) in [5.41, 5.74) is 0.964. The molecule has 136 valence electrons. The van der Waals surface area contributed by atoms with Crippen LogP contribution in [0.25, 0.3) is 0 Å². The van der Waals surface area contributed by atoms with Crippen molar-refractivity contribution in [3.8, 4) is 0 Å². The molecule has 0 radical (unpaired) electrons. The normalized spacial score (nSPS) is 23.4. The minimum Gasteiger partial charge on any atom is -0.376 e. The van der Waals surface area contributed by atoms with Crippen LogP contribution in [0.1, 0.15) is 32.1 Å². The minimum absolute atomic E-state index is 0.0479. The van der Waals surface area contributed by atoms with Crippen molar-refractivity contribution < 1.29 is 14.3 Å². The van der Waals surface area contributed by atoms with Crippen molar-refractivity contribution in [1.82, 2.24) is 9.88 Å². The van der Waals surface area contributed by atoms with Crippen molar-refractivity contribution in [3.05, 3.63) is 18.3 Å². The monoisotopic (exact) mass is 346 g/mol. The predicted octanol–water partition coefficient (Wildman–Crippen LogP) is 1.65. The molecular weight excluding hydrogens is 320 g/mol. The number of anilines is 2. The highest BCUT2D eigenvalue weighted by atomic mass is 16.5. The smallest absolute Gasteiger partial charge is 0.252 e. The molecule has 0 spiro atoms. The van der Waals surface area contributed by atoms with Crippen LogP contribution in [0.4, 0.5) is 11.5 Å². The van der Waals surface area contributed by atoms with E-state index in [4.69, 9.17) is 4.74 Å². The number of carbonyl (C=O) groups is 2. The molecule has 1 N–H and O–H groups in total. The van der Waals surface area contributed by atoms with Crippen LogP contribution in [0.3, 0.4) is 0 Å². The Hall–Kier alpha value is -2.15. The van der Waals surface area contributed by atoms with Crippen molar-refractivity contribution in [1.29, 1.82) is 0 Å². The number of hydrogen-bond acceptors (Lipinski definition) is 5. The molecule has 2 unspecified atom stereocenters. The zero-order valence-corrected chi connectivity index (χ0v) is 14.9. The summed E-state index contributed by atoms with van der Waals surface area (Å²) in [7, 11) is 3.87. The first kappa shape index (κ1) is 17.7. The van der Waals surface area contributed by atoms with Gasteiger partial charge in [0, 0.05) is 27.2 Å². The molecule has 25 heavy (non-hydrogen) atoms. The number of aromatic nitrogens is 1. The van der Waals surface area contributed by atoms with Crippen molar-refractivity contribution in [2.45, 2.75) is 44.2 Å². The maximum atomic E-state index is 12.7. The van der Waals surface area contributed by atoms with Crippen molar-refractivity contribution in [2.75, 3.05) is 37.5 Å². The number of carbonyl (C=O) groups excluding carboxylic acids is 2. The summed E-state index contributed by atoms with van der Waals surface area (Å²) in [6.07, 6.45) is 5.54. The molecule has 3 heterocycles. The lowest BCUT2D eigenvalue weighted by molar-refractivity contribution is -0.148. The Morgan fingerprint density at radius 1 is 1.24 bits per heavy atom. The lowest BCUT2D eigenvalue weighted by Gasteiger charge is -2.35. The fourth-order valence-corrected chi connectivity index (χ4v) is 3.36. The SMILES string of the molecule is CN(C)c1ccc(NC(=O)C2CCCCN2C(=O)C2CCCO2)nc1. The average molecular weight is 346 g/mol. The number of piperidine rings is 1. The zero-order chi connectivity index (χ0) is 17.8. The molecule has 2 saturated heterocycles. The quantitative estimate of drug-likeness (QED) is 0.897. The molecule has 0 bridgehead atoms. The lowest BCUT2D eigenvalue weighted by Crippen LogP contribution is -2.53. The Kier molecular flexibility index (Phi) is 5.53. The maximum absolute atomic E-state index is 12.7. The van der Waals surface area contributed by atoms with Crippen LogP contribution >= 0.6 is 0 Å². The van der Waals surface area contributed by atoms with Crippen LogP contribution in [0.15, 0.2) is 18.3 Å². The number of nitrogens with zero attached hydrogens (tertiary/aromatic N) is 3. The van der Waals surface area contributed by atoms with Crippen LogP contribution in [-0.4, -0.2) is 61.1 Å². The second-order valence-corrected chi connectivity index (χ2v) is 6.83. The van der Waals surface area contributed by atoms with Gasteiger partial charge in [-0.15, -0.1) is 0 Å². The Balaban J connectivity index is 1.66. The van der Waals surface area contributed by atoms with Gasteiger partial charge in [0.1, 0.15) is 18.0 Å². The van der Waals surface area contributed by atoms with E-state index in [1.165, 1.54) is 0 Å². The molecule has 0 aromatic carbocycles. The third-order valence-electron chi connectivity index (χ3n) is 4.81. The van der Waals surface area contributed by atoms with Gasteiger partial charge in [0.2, 0.25) is 5.91 Å². The first-order chi connectivity index (χ1) is 12.1. The van der Waals surface area contributed by atoms with Gasteiger partial charge in [-0.3, -0.25) is 9.59 Å². The molecule has 1 aromatic heterocycles. The van der Waals surface area contributed by atoms with E-state index in [2.05, 4.69) is 10.3 Å². The van der Waals surface area contributed by atoms with E-state index in [1.807, 2.05) is 25.1 Å². The van der Waals surface area contributed by atoms with Gasteiger partial charge < -0.3 is 19.9 Å². The van der Waals surface area contributed by atoms with Crippen LogP contribution in [0.5, 0.6) is 0 Å². The van der Waals surface area contributed by atoms with Crippen LogP contribution in [0, 0.1) is 0 Å². The Labute approximate surface area is 148 Å². The van der Waals surface area contributed by atoms with Crippen LogP contribution < -0.4 is 10.2 Å². The second kappa shape index (κ2) is 7.82. The van der Waals surface area contributed by atoms with Gasteiger partial charge in [0.05, 0.1) is 11.9 Å². The third kappa shape index (κ3) is 4.10. The number of likely N-dealkylation sites (tertiary alicyclic amines) is 1. The van der Waals surface area contributed by atoms with Gasteiger partial charge in [-0.05, 0) is 44.2 Å². The molecule has 7 nitrogen and oxygen atoms in total. The molecule has 2 aliphatic heterocycles. The number of rotatable bonds is 4. The largest absolute Gasteiger partial charge is 0.376 e. The van der Waals surface area contributed by atoms with E-state index >= 15 is 0 Å². The number of ether oxygens (including phenoxy) is 1. The Bertz CT molecular complexity index is 611. The highest BCUT2D eigenvalue weighted by Gasteiger charge is 2.37. The summed E-state index contributed by atoms with van der Waals surface area (Å²) < 4.78 is 5.51. The number of nitrogens with one attached hydrogen (secondary N) is 1. The molecule has 2 aliphatic rings. The van der Waals surface area contributed by atoms with E-state index in [0.717, 1.165) is 31.4 Å². The van der Waals surface area contributed by atoms with Gasteiger partial charge >= 0.3 is 0 Å². The van der Waals surface area contributed by atoms with Crippen molar-refractivity contribution >= 4 is 23.3 Å². The number of hydrogen-bond donors (Lipinski definition) is 1. The fourth-order valence-electron chi connectivity index (χ4n) is 3.36. The topological polar surface area (TPSA) is 74.8 Å². The van der Waals surface area contributed by atoms with E-state index in [1.54, 1.807) is 17.2 Å². The molecule has 0 saturated carbocycles. The zero-order valence-electron chi connectivity index (χ0n) is 14.9. The maximum Gasteiger partial charge on any atom is 0.252 e.